The van der Waals surface area contributed by atoms with Crippen LogP contribution in [-0.2, 0) is 4.79 Å². The Morgan fingerprint density at radius 1 is 1.14 bits per heavy atom. The summed E-state index contributed by atoms with van der Waals surface area (Å²) in [4.78, 5) is 13.5. The summed E-state index contributed by atoms with van der Waals surface area (Å²) in [5.41, 5.74) is 5.83. The molecule has 2 aromatic rings. The Morgan fingerprint density at radius 3 is 2.48 bits per heavy atom. The molecule has 5 rings (SSSR count). The van der Waals surface area contributed by atoms with Crippen LogP contribution >= 0.6 is 0 Å². The topological polar surface area (TPSA) is 65.4 Å². The van der Waals surface area contributed by atoms with Crippen molar-refractivity contribution in [3.63, 3.8) is 0 Å². The second-order valence-electron chi connectivity index (χ2n) is 11.5. The standard InChI is InChI=1S/C27H29N3O3.C5H8.C4H8/c1-27(2)14-20-25(21(31)15-27)24(17-11-12-22(32-3)23(13-17)33-4)19-16-28-30(26(19)29-20)18-9-7-5-6-8-10-18;1-3-5-4-2;1-4(2)3/h5,7-13,16,24,29H,6,14-15H2,1-4H3;3-5H,1H2,2H3;1H2,2-3H3/b;5-4-;. The summed E-state index contributed by atoms with van der Waals surface area (Å²) in [7, 11) is 3.25. The monoisotopic (exact) mass is 567 g/mol. The zero-order valence-corrected chi connectivity index (χ0v) is 26.2. The van der Waals surface area contributed by atoms with Gasteiger partial charge < -0.3 is 14.8 Å². The van der Waals surface area contributed by atoms with E-state index in [2.05, 4.69) is 62.7 Å². The minimum absolute atomic E-state index is 0.0996. The fourth-order valence-corrected chi connectivity index (χ4v) is 5.20. The molecule has 3 aliphatic rings. The predicted molar refractivity (Wildman–Crippen MR) is 175 cm³/mol. The Hall–Kier alpha value is -4.32. The highest BCUT2D eigenvalue weighted by atomic mass is 16.5. The zero-order valence-electron chi connectivity index (χ0n) is 26.2. The van der Waals surface area contributed by atoms with Crippen LogP contribution in [0.25, 0.3) is 5.70 Å². The van der Waals surface area contributed by atoms with Crippen LogP contribution < -0.4 is 14.8 Å². The molecule has 222 valence electrons. The number of ketones is 1. The number of nitrogens with zero attached hydrogens (tertiary/aromatic N) is 2. The first-order chi connectivity index (χ1) is 20.1. The molecule has 2 aliphatic carbocycles. The van der Waals surface area contributed by atoms with Gasteiger partial charge in [0.1, 0.15) is 5.82 Å². The number of carbonyl (C=O) groups is 1. The summed E-state index contributed by atoms with van der Waals surface area (Å²) in [6.45, 7) is 17.2. The number of fused-ring (bicyclic) bond motifs is 1. The SMILES string of the molecule is C=C(C)C.C=C/C=C\C.COc1ccc(C2C3=C(CC(C)(C)CC3=O)Nc3c2cnn3C2=CC=CCC=C2)cc1OC. The number of rotatable bonds is 5. The van der Waals surface area contributed by atoms with Crippen molar-refractivity contribution in [3.05, 3.63) is 114 Å². The third-order valence-electron chi connectivity index (χ3n) is 6.86. The second-order valence-corrected chi connectivity index (χ2v) is 11.5. The number of anilines is 1. The van der Waals surface area contributed by atoms with Crippen LogP contribution in [0.15, 0.2) is 103 Å². The van der Waals surface area contributed by atoms with Crippen LogP contribution in [0, 0.1) is 5.41 Å². The number of Topliss-reactive ketones (excluding diaryl/α,β-unsaturated/α-hetero) is 1. The van der Waals surface area contributed by atoms with Gasteiger partial charge in [-0.3, -0.25) is 4.79 Å². The Balaban J connectivity index is 0.000000473. The van der Waals surface area contributed by atoms with Gasteiger partial charge in [-0.1, -0.05) is 68.5 Å². The predicted octanol–water partition coefficient (Wildman–Crippen LogP) is 8.79. The summed E-state index contributed by atoms with van der Waals surface area (Å²) in [5, 5.41) is 8.35. The molecule has 0 spiro atoms. The van der Waals surface area contributed by atoms with E-state index in [1.165, 1.54) is 5.57 Å². The lowest BCUT2D eigenvalue weighted by atomic mass is 9.69. The Labute approximate surface area is 251 Å². The van der Waals surface area contributed by atoms with Crippen molar-refractivity contribution in [3.8, 4) is 11.5 Å². The summed E-state index contributed by atoms with van der Waals surface area (Å²) >= 11 is 0. The van der Waals surface area contributed by atoms with Crippen molar-refractivity contribution >= 4 is 17.3 Å². The molecule has 1 aromatic heterocycles. The molecule has 0 fully saturated rings. The van der Waals surface area contributed by atoms with Crippen LogP contribution in [0.4, 0.5) is 5.82 Å². The molecule has 0 amide bonds. The maximum atomic E-state index is 13.5. The molecule has 42 heavy (non-hydrogen) atoms. The van der Waals surface area contributed by atoms with E-state index in [0.29, 0.717) is 17.9 Å². The summed E-state index contributed by atoms with van der Waals surface area (Å²) in [5.74, 6) is 2.18. The molecule has 0 bridgehead atoms. The molecule has 1 aliphatic heterocycles. The number of carbonyl (C=O) groups excluding carboxylic acids is 1. The number of methoxy groups -OCH3 is 2. The fourth-order valence-electron chi connectivity index (χ4n) is 5.20. The van der Waals surface area contributed by atoms with Crippen molar-refractivity contribution in [1.29, 1.82) is 0 Å². The van der Waals surface area contributed by atoms with Gasteiger partial charge in [-0.05, 0) is 68.9 Å². The summed E-state index contributed by atoms with van der Waals surface area (Å²) in [6, 6.07) is 5.89. The van der Waals surface area contributed by atoms with Crippen LogP contribution in [0.5, 0.6) is 11.5 Å². The fraction of sp³-hybridized carbons (Fsp3) is 0.333. The first-order valence-corrected chi connectivity index (χ1v) is 14.3. The van der Waals surface area contributed by atoms with Crippen molar-refractivity contribution < 1.29 is 14.3 Å². The number of hydrogen-bond acceptors (Lipinski definition) is 5. The Kier molecular flexibility index (Phi) is 11.1. The molecule has 1 aromatic carbocycles. The molecule has 6 heteroatoms. The van der Waals surface area contributed by atoms with Gasteiger partial charge in [-0.25, -0.2) is 4.68 Å². The first kappa shape index (κ1) is 32.2. The van der Waals surface area contributed by atoms with Crippen LogP contribution in [-0.4, -0.2) is 29.8 Å². The molecule has 0 radical (unpaired) electrons. The highest BCUT2D eigenvalue weighted by Crippen LogP contribution is 2.50. The van der Waals surface area contributed by atoms with E-state index in [1.54, 1.807) is 20.3 Å². The number of aromatic nitrogens is 2. The molecule has 2 heterocycles. The first-order valence-electron chi connectivity index (χ1n) is 14.3. The van der Waals surface area contributed by atoms with Gasteiger partial charge in [-0.15, -0.1) is 6.58 Å². The van der Waals surface area contributed by atoms with Gasteiger partial charge >= 0.3 is 0 Å². The number of hydrogen-bond donors (Lipinski definition) is 1. The molecule has 0 saturated carbocycles. The molecular formula is C36H45N3O3. The molecule has 1 atom stereocenters. The lowest BCUT2D eigenvalue weighted by Crippen LogP contribution is -2.34. The summed E-state index contributed by atoms with van der Waals surface area (Å²) < 4.78 is 13.0. The van der Waals surface area contributed by atoms with Crippen molar-refractivity contribution in [2.45, 2.75) is 59.8 Å². The highest BCUT2D eigenvalue weighted by molar-refractivity contribution is 6.01. The number of nitrogens with one attached hydrogen (secondary N) is 1. The van der Waals surface area contributed by atoms with Crippen molar-refractivity contribution in [1.82, 2.24) is 9.78 Å². The number of allylic oxidation sites excluding steroid dienone is 12. The Morgan fingerprint density at radius 2 is 1.86 bits per heavy atom. The smallest absolute Gasteiger partial charge is 0.162 e. The number of benzene rings is 1. The largest absolute Gasteiger partial charge is 0.493 e. The molecule has 6 nitrogen and oxygen atoms in total. The highest BCUT2D eigenvalue weighted by Gasteiger charge is 2.42. The van der Waals surface area contributed by atoms with Gasteiger partial charge in [0.05, 0.1) is 26.1 Å². The lowest BCUT2D eigenvalue weighted by Gasteiger charge is -2.38. The van der Waals surface area contributed by atoms with Crippen LogP contribution in [0.2, 0.25) is 0 Å². The van der Waals surface area contributed by atoms with E-state index in [-0.39, 0.29) is 17.1 Å². The second kappa shape index (κ2) is 14.5. The van der Waals surface area contributed by atoms with Gasteiger partial charge in [0.2, 0.25) is 0 Å². The van der Waals surface area contributed by atoms with E-state index in [1.807, 2.05) is 62.0 Å². The van der Waals surface area contributed by atoms with Gasteiger partial charge in [-0.2, -0.15) is 5.10 Å². The average molecular weight is 568 g/mol. The molecule has 1 N–H and O–H groups in total. The van der Waals surface area contributed by atoms with Gasteiger partial charge in [0.15, 0.2) is 17.3 Å². The molecule has 1 unspecified atom stereocenters. The maximum Gasteiger partial charge on any atom is 0.162 e. The summed E-state index contributed by atoms with van der Waals surface area (Å²) in [6.07, 6.45) is 20.1. The van der Waals surface area contributed by atoms with Crippen molar-refractivity contribution in [2.75, 3.05) is 19.5 Å². The van der Waals surface area contributed by atoms with E-state index >= 15 is 0 Å². The number of ether oxygens (including phenoxy) is 2. The zero-order chi connectivity index (χ0) is 30.9. The van der Waals surface area contributed by atoms with E-state index in [4.69, 9.17) is 14.6 Å². The van der Waals surface area contributed by atoms with E-state index < -0.39 is 0 Å². The third kappa shape index (κ3) is 7.69. The van der Waals surface area contributed by atoms with Crippen molar-refractivity contribution in [2.24, 2.45) is 5.41 Å². The van der Waals surface area contributed by atoms with E-state index in [9.17, 15) is 4.79 Å². The van der Waals surface area contributed by atoms with Gasteiger partial charge in [0.25, 0.3) is 0 Å². The Bertz CT molecular complexity index is 1460. The van der Waals surface area contributed by atoms with Crippen LogP contribution in [0.3, 0.4) is 0 Å². The third-order valence-corrected chi connectivity index (χ3v) is 6.86. The maximum absolute atomic E-state index is 13.5. The van der Waals surface area contributed by atoms with Gasteiger partial charge in [0, 0.05) is 29.2 Å². The van der Waals surface area contributed by atoms with E-state index in [0.717, 1.165) is 46.8 Å². The molecular weight excluding hydrogens is 522 g/mol. The quantitative estimate of drug-likeness (QED) is 0.289. The minimum atomic E-state index is -0.223. The normalized spacial score (nSPS) is 18.2. The lowest BCUT2D eigenvalue weighted by molar-refractivity contribution is -0.118. The average Bonchev–Trinajstić information content (AvgIpc) is 3.16. The molecule has 0 saturated heterocycles. The minimum Gasteiger partial charge on any atom is -0.493 e. The van der Waals surface area contributed by atoms with Crippen LogP contribution in [0.1, 0.15) is 70.9 Å².